The minimum absolute atomic E-state index is 0.301. The Balaban J connectivity index is 1.57. The van der Waals surface area contributed by atoms with E-state index >= 15 is 0 Å². The van der Waals surface area contributed by atoms with Gasteiger partial charge in [-0.2, -0.15) is 5.10 Å². The molecule has 116 valence electrons. The molecule has 0 bridgehead atoms. The zero-order chi connectivity index (χ0) is 15.4. The van der Waals surface area contributed by atoms with Gasteiger partial charge in [0.15, 0.2) is 0 Å². The summed E-state index contributed by atoms with van der Waals surface area (Å²) in [5.74, 6) is 0.894. The lowest BCUT2D eigenvalue weighted by Crippen LogP contribution is -2.19. The van der Waals surface area contributed by atoms with Crippen LogP contribution in [0, 0.1) is 0 Å². The van der Waals surface area contributed by atoms with Gasteiger partial charge < -0.3 is 20.1 Å². The molecule has 1 aromatic carbocycles. The lowest BCUT2D eigenvalue weighted by atomic mass is 10.1. The van der Waals surface area contributed by atoms with Crippen LogP contribution in [0.2, 0.25) is 0 Å². The fourth-order valence-electron chi connectivity index (χ4n) is 2.29. The van der Waals surface area contributed by atoms with Crippen molar-refractivity contribution in [2.24, 2.45) is 0 Å². The minimum Gasteiger partial charge on any atom is -0.493 e. The van der Waals surface area contributed by atoms with Crippen LogP contribution in [0.1, 0.15) is 5.56 Å². The third-order valence-corrected chi connectivity index (χ3v) is 3.36. The van der Waals surface area contributed by atoms with Crippen molar-refractivity contribution in [3.8, 4) is 5.75 Å². The lowest BCUT2D eigenvalue weighted by molar-refractivity contribution is 0.183. The SMILES string of the molecule is COCCn1cc(NC(=O)Nc2ccc3c(c2)CCO3)cn1. The van der Waals surface area contributed by atoms with E-state index in [1.54, 1.807) is 24.2 Å². The molecule has 0 saturated heterocycles. The van der Waals surface area contributed by atoms with Gasteiger partial charge in [0.2, 0.25) is 0 Å². The summed E-state index contributed by atoms with van der Waals surface area (Å²) in [5.41, 5.74) is 2.50. The molecule has 1 aromatic heterocycles. The Morgan fingerprint density at radius 3 is 3.14 bits per heavy atom. The maximum atomic E-state index is 12.0. The van der Waals surface area contributed by atoms with E-state index in [2.05, 4.69) is 15.7 Å². The number of carbonyl (C=O) groups excluding carboxylic acids is 1. The molecule has 22 heavy (non-hydrogen) atoms. The van der Waals surface area contributed by atoms with E-state index < -0.39 is 0 Å². The number of amides is 2. The molecule has 2 N–H and O–H groups in total. The highest BCUT2D eigenvalue weighted by molar-refractivity contribution is 5.99. The number of hydrogen-bond donors (Lipinski definition) is 2. The second-order valence-electron chi connectivity index (χ2n) is 4.98. The fraction of sp³-hybridized carbons (Fsp3) is 0.333. The maximum Gasteiger partial charge on any atom is 0.323 e. The first-order chi connectivity index (χ1) is 10.7. The van der Waals surface area contributed by atoms with Crippen LogP contribution in [-0.2, 0) is 17.7 Å². The van der Waals surface area contributed by atoms with Crippen LogP contribution in [-0.4, -0.2) is 36.1 Å². The van der Waals surface area contributed by atoms with Crippen LogP contribution in [0.5, 0.6) is 5.75 Å². The Bertz CT molecular complexity index is 669. The zero-order valence-corrected chi connectivity index (χ0v) is 12.3. The molecule has 7 heteroatoms. The fourth-order valence-corrected chi connectivity index (χ4v) is 2.29. The van der Waals surface area contributed by atoms with Crippen molar-refractivity contribution in [3.05, 3.63) is 36.2 Å². The molecular formula is C15H18N4O3. The van der Waals surface area contributed by atoms with Gasteiger partial charge in [-0.25, -0.2) is 4.79 Å². The van der Waals surface area contributed by atoms with Crippen LogP contribution in [0.3, 0.4) is 0 Å². The highest BCUT2D eigenvalue weighted by Gasteiger charge is 2.13. The average Bonchev–Trinajstić information content (AvgIpc) is 3.13. The van der Waals surface area contributed by atoms with Crippen molar-refractivity contribution in [1.82, 2.24) is 9.78 Å². The molecule has 0 radical (unpaired) electrons. The molecule has 0 atom stereocenters. The first-order valence-corrected chi connectivity index (χ1v) is 7.10. The van der Waals surface area contributed by atoms with Crippen molar-refractivity contribution < 1.29 is 14.3 Å². The Morgan fingerprint density at radius 2 is 2.27 bits per heavy atom. The number of rotatable bonds is 5. The number of carbonyl (C=O) groups is 1. The monoisotopic (exact) mass is 302 g/mol. The summed E-state index contributed by atoms with van der Waals surface area (Å²) in [5, 5.41) is 9.69. The van der Waals surface area contributed by atoms with E-state index in [-0.39, 0.29) is 6.03 Å². The van der Waals surface area contributed by atoms with E-state index in [9.17, 15) is 4.79 Å². The van der Waals surface area contributed by atoms with Gasteiger partial charge in [0, 0.05) is 25.4 Å². The van der Waals surface area contributed by atoms with E-state index in [1.807, 2.05) is 18.2 Å². The van der Waals surface area contributed by atoms with Crippen LogP contribution in [0.4, 0.5) is 16.2 Å². The number of hydrogen-bond acceptors (Lipinski definition) is 4. The molecular weight excluding hydrogens is 284 g/mol. The summed E-state index contributed by atoms with van der Waals surface area (Å²) in [6.45, 7) is 1.92. The minimum atomic E-state index is -0.301. The van der Waals surface area contributed by atoms with Crippen molar-refractivity contribution in [2.45, 2.75) is 13.0 Å². The molecule has 2 aromatic rings. The summed E-state index contributed by atoms with van der Waals surface area (Å²) >= 11 is 0. The van der Waals surface area contributed by atoms with Crippen molar-refractivity contribution >= 4 is 17.4 Å². The summed E-state index contributed by atoms with van der Waals surface area (Å²) in [6.07, 6.45) is 4.24. The van der Waals surface area contributed by atoms with Gasteiger partial charge in [0.05, 0.1) is 31.6 Å². The number of nitrogens with zero attached hydrogens (tertiary/aromatic N) is 2. The number of methoxy groups -OCH3 is 1. The maximum absolute atomic E-state index is 12.0. The van der Waals surface area contributed by atoms with E-state index in [1.165, 1.54) is 0 Å². The molecule has 2 heterocycles. The lowest BCUT2D eigenvalue weighted by Gasteiger charge is -2.07. The molecule has 0 fully saturated rings. The molecule has 3 rings (SSSR count). The molecule has 1 aliphatic rings. The summed E-state index contributed by atoms with van der Waals surface area (Å²) in [6, 6.07) is 5.33. The van der Waals surface area contributed by atoms with Gasteiger partial charge in [0.25, 0.3) is 0 Å². The summed E-state index contributed by atoms with van der Waals surface area (Å²) in [7, 11) is 1.64. The first-order valence-electron chi connectivity index (χ1n) is 7.10. The molecule has 1 aliphatic heterocycles. The number of benzene rings is 1. The van der Waals surface area contributed by atoms with Crippen LogP contribution in [0.15, 0.2) is 30.6 Å². The molecule has 0 unspecified atom stereocenters. The topological polar surface area (TPSA) is 77.4 Å². The largest absolute Gasteiger partial charge is 0.493 e. The predicted molar refractivity (Wildman–Crippen MR) is 82.4 cm³/mol. The number of ether oxygens (including phenoxy) is 2. The van der Waals surface area contributed by atoms with Crippen molar-refractivity contribution in [1.29, 1.82) is 0 Å². The van der Waals surface area contributed by atoms with Crippen LogP contribution < -0.4 is 15.4 Å². The zero-order valence-electron chi connectivity index (χ0n) is 12.3. The van der Waals surface area contributed by atoms with E-state index in [0.29, 0.717) is 25.4 Å². The standard InChI is InChI=1S/C15H18N4O3/c1-21-7-5-19-10-13(9-16-19)18-15(20)17-12-2-3-14-11(8-12)4-6-22-14/h2-3,8-10H,4-7H2,1H3,(H2,17,18,20). The number of anilines is 2. The smallest absolute Gasteiger partial charge is 0.323 e. The van der Waals surface area contributed by atoms with Gasteiger partial charge in [-0.3, -0.25) is 4.68 Å². The van der Waals surface area contributed by atoms with Gasteiger partial charge in [0.1, 0.15) is 5.75 Å². The first kappa shape index (κ1) is 14.4. The van der Waals surface area contributed by atoms with Gasteiger partial charge in [-0.05, 0) is 23.8 Å². The third kappa shape index (κ3) is 3.37. The van der Waals surface area contributed by atoms with Gasteiger partial charge in [-0.1, -0.05) is 0 Å². The van der Waals surface area contributed by atoms with E-state index in [4.69, 9.17) is 9.47 Å². The van der Waals surface area contributed by atoms with Crippen molar-refractivity contribution in [2.75, 3.05) is 31.0 Å². The molecule has 0 saturated carbocycles. The Morgan fingerprint density at radius 1 is 1.41 bits per heavy atom. The summed E-state index contributed by atoms with van der Waals surface area (Å²) < 4.78 is 12.1. The Labute approximate surface area is 128 Å². The predicted octanol–water partition coefficient (Wildman–Crippen LogP) is 2.11. The quantitative estimate of drug-likeness (QED) is 0.887. The Hall–Kier alpha value is -2.54. The van der Waals surface area contributed by atoms with Gasteiger partial charge in [-0.15, -0.1) is 0 Å². The highest BCUT2D eigenvalue weighted by atomic mass is 16.5. The van der Waals surface area contributed by atoms with Crippen LogP contribution in [0.25, 0.3) is 0 Å². The number of urea groups is 1. The van der Waals surface area contributed by atoms with Crippen molar-refractivity contribution in [3.63, 3.8) is 0 Å². The number of aromatic nitrogens is 2. The second kappa shape index (κ2) is 6.48. The normalized spacial score (nSPS) is 12.6. The third-order valence-electron chi connectivity index (χ3n) is 3.36. The molecule has 0 aliphatic carbocycles. The molecule has 7 nitrogen and oxygen atoms in total. The summed E-state index contributed by atoms with van der Waals surface area (Å²) in [4.78, 5) is 12.0. The van der Waals surface area contributed by atoms with E-state index in [0.717, 1.165) is 23.4 Å². The number of nitrogens with one attached hydrogen (secondary N) is 2. The molecule has 2 amide bonds. The van der Waals surface area contributed by atoms with Crippen LogP contribution >= 0.6 is 0 Å². The number of fused-ring (bicyclic) bond motifs is 1. The average molecular weight is 302 g/mol. The Kier molecular flexibility index (Phi) is 4.24. The highest BCUT2D eigenvalue weighted by Crippen LogP contribution is 2.27. The molecule has 0 spiro atoms. The second-order valence-corrected chi connectivity index (χ2v) is 4.98. The van der Waals surface area contributed by atoms with Gasteiger partial charge >= 0.3 is 6.03 Å².